The smallest absolute Gasteiger partial charge is 0.280 e. The number of carbonyl (C=O) groups is 1. The number of primary amides is 1. The first-order valence-corrected chi connectivity index (χ1v) is 10.3. The summed E-state index contributed by atoms with van der Waals surface area (Å²) in [6.45, 7) is 2.44. The van der Waals surface area contributed by atoms with Crippen molar-refractivity contribution in [1.82, 2.24) is 14.5 Å². The molecule has 10 heteroatoms. The number of alkyl halides is 2. The molecule has 32 heavy (non-hydrogen) atoms. The van der Waals surface area contributed by atoms with Crippen LogP contribution < -0.4 is 10.6 Å². The zero-order valence-electron chi connectivity index (χ0n) is 16.8. The molecule has 0 unspecified atom stereocenters. The molecule has 0 aliphatic carbocycles. The summed E-state index contributed by atoms with van der Waals surface area (Å²) in [5.74, 6) is -0.619. The molecular weight excluding hydrogens is 440 g/mol. The van der Waals surface area contributed by atoms with Crippen molar-refractivity contribution in [2.75, 3.05) is 31.2 Å². The summed E-state index contributed by atoms with van der Waals surface area (Å²) in [6, 6.07) is 9.98. The first kappa shape index (κ1) is 20.6. The molecule has 3 heterocycles. The van der Waals surface area contributed by atoms with Crippen LogP contribution in [0.2, 0.25) is 5.02 Å². The molecule has 2 N–H and O–H groups in total. The number of halogens is 3. The van der Waals surface area contributed by atoms with Crippen molar-refractivity contribution in [3.8, 4) is 5.69 Å². The van der Waals surface area contributed by atoms with Crippen molar-refractivity contribution >= 4 is 45.1 Å². The molecule has 164 valence electrons. The molecule has 2 aromatic carbocycles. The van der Waals surface area contributed by atoms with Gasteiger partial charge in [-0.2, -0.15) is 0 Å². The molecule has 2 aromatic heterocycles. The number of benzene rings is 2. The number of aromatic nitrogens is 3. The monoisotopic (exact) mass is 457 g/mol. The van der Waals surface area contributed by atoms with E-state index < -0.39 is 18.0 Å². The number of fused-ring (bicyclic) bond motifs is 2. The van der Waals surface area contributed by atoms with Crippen LogP contribution in [0.15, 0.2) is 42.7 Å². The zero-order chi connectivity index (χ0) is 22.4. The van der Waals surface area contributed by atoms with Gasteiger partial charge in [-0.05, 0) is 24.3 Å². The largest absolute Gasteiger partial charge is 0.378 e. The predicted molar refractivity (Wildman–Crippen MR) is 118 cm³/mol. The lowest BCUT2D eigenvalue weighted by Gasteiger charge is -2.29. The van der Waals surface area contributed by atoms with Crippen LogP contribution in [0, 0.1) is 0 Å². The van der Waals surface area contributed by atoms with E-state index in [1.165, 1.54) is 12.4 Å². The molecular formula is C22H18ClF2N5O2. The highest BCUT2D eigenvalue weighted by Gasteiger charge is 2.21. The van der Waals surface area contributed by atoms with Crippen LogP contribution in [0.25, 0.3) is 27.6 Å². The summed E-state index contributed by atoms with van der Waals surface area (Å²) < 4.78 is 34.3. The minimum absolute atomic E-state index is 0.258. The second-order valence-electron chi connectivity index (χ2n) is 7.44. The lowest BCUT2D eigenvalue weighted by atomic mass is 10.1. The number of rotatable bonds is 4. The van der Waals surface area contributed by atoms with Gasteiger partial charge in [0.1, 0.15) is 17.5 Å². The van der Waals surface area contributed by atoms with Crippen LogP contribution in [-0.2, 0) is 4.74 Å². The molecule has 0 saturated carbocycles. The van der Waals surface area contributed by atoms with E-state index in [2.05, 4.69) is 14.9 Å². The number of anilines is 1. The Bertz CT molecular complexity index is 1350. The number of ether oxygens (including phenoxy) is 1. The number of amides is 1. The second kappa shape index (κ2) is 7.99. The third kappa shape index (κ3) is 3.43. The molecule has 0 spiro atoms. The predicted octanol–water partition coefficient (Wildman–Crippen LogP) is 4.10. The fourth-order valence-corrected chi connectivity index (χ4v) is 4.23. The van der Waals surface area contributed by atoms with E-state index in [9.17, 15) is 13.6 Å². The highest BCUT2D eigenvalue weighted by atomic mass is 35.5. The summed E-state index contributed by atoms with van der Waals surface area (Å²) in [5, 5.41) is 0.848. The first-order valence-electron chi connectivity index (χ1n) is 9.95. The van der Waals surface area contributed by atoms with E-state index in [-0.39, 0.29) is 16.1 Å². The lowest BCUT2D eigenvalue weighted by molar-refractivity contribution is 0.100. The van der Waals surface area contributed by atoms with E-state index >= 15 is 0 Å². The number of hydrogen-bond acceptors (Lipinski definition) is 5. The van der Waals surface area contributed by atoms with E-state index in [1.54, 1.807) is 28.8 Å². The fourth-order valence-electron chi connectivity index (χ4n) is 4.01. The fraction of sp³-hybridized carbons (Fsp3) is 0.227. The van der Waals surface area contributed by atoms with Gasteiger partial charge in [-0.3, -0.25) is 9.36 Å². The Balaban J connectivity index is 1.80. The van der Waals surface area contributed by atoms with E-state index in [0.29, 0.717) is 48.4 Å². The molecule has 4 aromatic rings. The third-order valence-electron chi connectivity index (χ3n) is 5.55. The second-order valence-corrected chi connectivity index (χ2v) is 7.85. The molecule has 7 nitrogen and oxygen atoms in total. The Hall–Kier alpha value is -3.30. The third-order valence-corrected chi connectivity index (χ3v) is 5.85. The van der Waals surface area contributed by atoms with Gasteiger partial charge < -0.3 is 15.4 Å². The summed E-state index contributed by atoms with van der Waals surface area (Å²) in [6.07, 6.45) is -1.29. The van der Waals surface area contributed by atoms with Crippen molar-refractivity contribution in [2.24, 2.45) is 5.73 Å². The number of carbonyl (C=O) groups excluding carboxylic acids is 1. The SMILES string of the molecule is NC(=O)c1cc(N2CCOCC2)cc2c1ncn2-c1cc(C(F)F)nc2c(Cl)cccc12. The summed E-state index contributed by atoms with van der Waals surface area (Å²) in [7, 11) is 0. The number of nitrogens with zero attached hydrogens (tertiary/aromatic N) is 4. The van der Waals surface area contributed by atoms with Gasteiger partial charge in [0.05, 0.1) is 40.5 Å². The maximum Gasteiger partial charge on any atom is 0.280 e. The number of hydrogen-bond donors (Lipinski definition) is 1. The van der Waals surface area contributed by atoms with Crippen LogP contribution in [0.3, 0.4) is 0 Å². The normalized spacial score (nSPS) is 14.6. The topological polar surface area (TPSA) is 86.3 Å². The summed E-state index contributed by atoms with van der Waals surface area (Å²) in [4.78, 5) is 22.7. The Labute approximate surface area is 186 Å². The van der Waals surface area contributed by atoms with E-state index in [1.807, 2.05) is 6.07 Å². The van der Waals surface area contributed by atoms with Crippen molar-refractivity contribution in [3.05, 3.63) is 59.0 Å². The highest BCUT2D eigenvalue weighted by molar-refractivity contribution is 6.35. The average molecular weight is 458 g/mol. The zero-order valence-corrected chi connectivity index (χ0v) is 17.5. The summed E-state index contributed by atoms with van der Waals surface area (Å²) >= 11 is 6.27. The number of imidazole rings is 1. The van der Waals surface area contributed by atoms with Gasteiger partial charge in [0.25, 0.3) is 12.3 Å². The Morgan fingerprint density at radius 1 is 1.16 bits per heavy atom. The maximum atomic E-state index is 13.6. The van der Waals surface area contributed by atoms with Gasteiger partial charge in [-0.25, -0.2) is 18.7 Å². The van der Waals surface area contributed by atoms with Crippen molar-refractivity contribution in [3.63, 3.8) is 0 Å². The van der Waals surface area contributed by atoms with Crippen LogP contribution in [0.1, 0.15) is 22.5 Å². The van der Waals surface area contributed by atoms with Crippen LogP contribution in [0.4, 0.5) is 14.5 Å². The molecule has 1 amide bonds. The number of morpholine rings is 1. The van der Waals surface area contributed by atoms with Gasteiger partial charge in [0.2, 0.25) is 0 Å². The molecule has 1 aliphatic heterocycles. The quantitative estimate of drug-likeness (QED) is 0.498. The van der Waals surface area contributed by atoms with E-state index in [0.717, 1.165) is 5.69 Å². The molecule has 5 rings (SSSR count). The van der Waals surface area contributed by atoms with Crippen molar-refractivity contribution in [1.29, 1.82) is 0 Å². The Kier molecular flexibility index (Phi) is 5.15. The van der Waals surface area contributed by atoms with Crippen LogP contribution in [0.5, 0.6) is 0 Å². The molecule has 1 aliphatic rings. The van der Waals surface area contributed by atoms with Gasteiger partial charge in [-0.1, -0.05) is 23.7 Å². The molecule has 1 fully saturated rings. The minimum Gasteiger partial charge on any atom is -0.378 e. The number of para-hydroxylation sites is 1. The number of pyridine rings is 1. The highest BCUT2D eigenvalue weighted by Crippen LogP contribution is 2.34. The van der Waals surface area contributed by atoms with Gasteiger partial charge in [-0.15, -0.1) is 0 Å². The van der Waals surface area contributed by atoms with E-state index in [4.69, 9.17) is 22.1 Å². The molecule has 0 radical (unpaired) electrons. The lowest BCUT2D eigenvalue weighted by Crippen LogP contribution is -2.36. The Morgan fingerprint density at radius 2 is 1.94 bits per heavy atom. The van der Waals surface area contributed by atoms with Gasteiger partial charge in [0.15, 0.2) is 0 Å². The first-order chi connectivity index (χ1) is 15.4. The van der Waals surface area contributed by atoms with Gasteiger partial charge in [0, 0.05) is 24.2 Å². The molecule has 1 saturated heterocycles. The van der Waals surface area contributed by atoms with Crippen LogP contribution in [-0.4, -0.2) is 46.7 Å². The standard InChI is InChI=1S/C22H18ClF2N5O2/c23-15-3-1-2-13-17(10-16(21(24)25)28-19(13)15)30-11-27-20-14(22(26)31)8-12(9-18(20)30)29-4-6-32-7-5-29/h1-3,8-11,21H,4-7H2,(H2,26,31). The van der Waals surface area contributed by atoms with Crippen molar-refractivity contribution < 1.29 is 18.3 Å². The molecule has 0 bridgehead atoms. The summed E-state index contributed by atoms with van der Waals surface area (Å²) in [5.41, 5.74) is 7.93. The maximum absolute atomic E-state index is 13.6. The average Bonchev–Trinajstić information content (AvgIpc) is 3.22. The molecule has 0 atom stereocenters. The van der Waals surface area contributed by atoms with Crippen molar-refractivity contribution in [2.45, 2.75) is 6.43 Å². The van der Waals surface area contributed by atoms with Gasteiger partial charge >= 0.3 is 0 Å². The minimum atomic E-state index is -2.78. The Morgan fingerprint density at radius 3 is 2.66 bits per heavy atom. The van der Waals surface area contributed by atoms with Crippen LogP contribution >= 0.6 is 11.6 Å². The number of nitrogens with two attached hydrogens (primary N) is 1.